The average Bonchev–Trinajstić information content (AvgIpc) is 2.54. The van der Waals surface area contributed by atoms with Crippen LogP contribution in [-0.4, -0.2) is 37.8 Å². The first-order valence-electron chi connectivity index (χ1n) is 7.81. The quantitative estimate of drug-likeness (QED) is 0.905. The minimum Gasteiger partial charge on any atom is -0.387 e. The number of hydrogen-bond acceptors (Lipinski definition) is 4. The van der Waals surface area contributed by atoms with Gasteiger partial charge in [0, 0.05) is 30.9 Å². The fourth-order valence-electron chi connectivity index (χ4n) is 3.02. The van der Waals surface area contributed by atoms with Gasteiger partial charge in [-0.2, -0.15) is 0 Å². The molecule has 2 aromatic rings. The van der Waals surface area contributed by atoms with Crippen LogP contribution in [0.1, 0.15) is 22.8 Å². The second-order valence-corrected chi connectivity index (χ2v) is 8.71. The van der Waals surface area contributed by atoms with Crippen molar-refractivity contribution < 1.29 is 13.5 Å². The molecule has 0 amide bonds. The Balaban J connectivity index is 1.67. The molecule has 0 bridgehead atoms. The number of halogens is 1. The fraction of sp³-hybridized carbons (Fsp3) is 0.333. The predicted molar refractivity (Wildman–Crippen MR) is 94.9 cm³/mol. The van der Waals surface area contributed by atoms with Gasteiger partial charge in [0.05, 0.1) is 11.0 Å². The Kier molecular flexibility index (Phi) is 4.97. The van der Waals surface area contributed by atoms with Crippen LogP contribution in [0.5, 0.6) is 0 Å². The van der Waals surface area contributed by atoms with Gasteiger partial charge < -0.3 is 5.11 Å². The summed E-state index contributed by atoms with van der Waals surface area (Å²) in [6, 6.07) is 12.4. The summed E-state index contributed by atoms with van der Waals surface area (Å²) in [5.74, 6) is 0. The maximum atomic E-state index is 11.5. The Labute approximate surface area is 147 Å². The van der Waals surface area contributed by atoms with Gasteiger partial charge >= 0.3 is 0 Å². The van der Waals surface area contributed by atoms with Crippen molar-refractivity contribution in [2.24, 2.45) is 0 Å². The van der Waals surface area contributed by atoms with Crippen LogP contribution in [-0.2, 0) is 22.8 Å². The van der Waals surface area contributed by atoms with Gasteiger partial charge in [0.25, 0.3) is 0 Å². The van der Waals surface area contributed by atoms with E-state index in [0.717, 1.165) is 30.1 Å². The molecular formula is C18H20ClNO3S. The maximum absolute atomic E-state index is 11.5. The van der Waals surface area contributed by atoms with E-state index in [0.29, 0.717) is 6.54 Å². The smallest absolute Gasteiger partial charge is 0.175 e. The molecule has 1 N–H and O–H groups in total. The van der Waals surface area contributed by atoms with Crippen molar-refractivity contribution in [1.82, 2.24) is 4.90 Å². The molecule has 0 radical (unpaired) electrons. The Morgan fingerprint density at radius 1 is 1.17 bits per heavy atom. The Bertz CT molecular complexity index is 834. The Hall–Kier alpha value is -1.40. The van der Waals surface area contributed by atoms with E-state index in [4.69, 9.17) is 11.6 Å². The second kappa shape index (κ2) is 6.84. The fourth-order valence-corrected chi connectivity index (χ4v) is 3.85. The number of β-amino-alcohol motifs (C(OH)–C–C–N with tert-alkyl or cyclic N) is 1. The molecule has 1 heterocycles. The number of hydrogen-bond donors (Lipinski definition) is 1. The summed E-state index contributed by atoms with van der Waals surface area (Å²) >= 11 is 6.03. The standard InChI is InChI=1S/C18H20ClNO3S/c1-24(22,23)17-6-3-13(4-7-17)18(21)12-20-9-8-14-10-16(19)5-2-15(14)11-20/h2-7,10,18,21H,8-9,11-12H2,1H3. The minimum absolute atomic E-state index is 0.266. The number of rotatable bonds is 4. The zero-order valence-corrected chi connectivity index (χ0v) is 15.0. The van der Waals surface area contributed by atoms with Crippen LogP contribution in [0.2, 0.25) is 5.02 Å². The molecule has 0 fully saturated rings. The SMILES string of the molecule is CS(=O)(=O)c1ccc(C(O)CN2CCc3cc(Cl)ccc3C2)cc1. The average molecular weight is 366 g/mol. The molecule has 1 unspecified atom stereocenters. The van der Waals surface area contributed by atoms with E-state index in [9.17, 15) is 13.5 Å². The van der Waals surface area contributed by atoms with Crippen molar-refractivity contribution in [3.05, 3.63) is 64.2 Å². The van der Waals surface area contributed by atoms with Crippen LogP contribution < -0.4 is 0 Å². The molecule has 0 aliphatic carbocycles. The number of sulfone groups is 1. The molecule has 0 spiro atoms. The van der Waals surface area contributed by atoms with Crippen LogP contribution in [0, 0.1) is 0 Å². The normalized spacial score (nSPS) is 16.6. The molecule has 0 aromatic heterocycles. The Morgan fingerprint density at radius 3 is 2.54 bits per heavy atom. The van der Waals surface area contributed by atoms with Crippen LogP contribution in [0.4, 0.5) is 0 Å². The van der Waals surface area contributed by atoms with Crippen LogP contribution >= 0.6 is 11.6 Å². The van der Waals surface area contributed by atoms with E-state index in [1.165, 1.54) is 17.4 Å². The van der Waals surface area contributed by atoms with Crippen molar-refractivity contribution in [3.63, 3.8) is 0 Å². The largest absolute Gasteiger partial charge is 0.387 e. The lowest BCUT2D eigenvalue weighted by atomic mass is 9.99. The first kappa shape index (κ1) is 17.4. The third-order valence-electron chi connectivity index (χ3n) is 4.38. The van der Waals surface area contributed by atoms with Gasteiger partial charge in [-0.1, -0.05) is 29.8 Å². The summed E-state index contributed by atoms with van der Waals surface area (Å²) in [5.41, 5.74) is 3.24. The van der Waals surface area contributed by atoms with Crippen molar-refractivity contribution in [2.75, 3.05) is 19.3 Å². The lowest BCUT2D eigenvalue weighted by Gasteiger charge is -2.30. The molecule has 3 rings (SSSR count). The first-order valence-corrected chi connectivity index (χ1v) is 10.1. The second-order valence-electron chi connectivity index (χ2n) is 6.26. The van der Waals surface area contributed by atoms with Crippen molar-refractivity contribution in [3.8, 4) is 0 Å². The van der Waals surface area contributed by atoms with E-state index in [-0.39, 0.29) is 4.90 Å². The van der Waals surface area contributed by atoms with Gasteiger partial charge in [-0.15, -0.1) is 0 Å². The molecule has 6 heteroatoms. The van der Waals surface area contributed by atoms with Gasteiger partial charge in [0.1, 0.15) is 0 Å². The number of fused-ring (bicyclic) bond motifs is 1. The number of benzene rings is 2. The molecule has 1 atom stereocenters. The van der Waals surface area contributed by atoms with Gasteiger partial charge in [-0.25, -0.2) is 8.42 Å². The number of nitrogens with zero attached hydrogens (tertiary/aromatic N) is 1. The zero-order valence-electron chi connectivity index (χ0n) is 13.4. The predicted octanol–water partition coefficient (Wildman–Crippen LogP) is 2.84. The molecule has 24 heavy (non-hydrogen) atoms. The summed E-state index contributed by atoms with van der Waals surface area (Å²) < 4.78 is 23.0. The minimum atomic E-state index is -3.21. The van der Waals surface area contributed by atoms with E-state index >= 15 is 0 Å². The summed E-state index contributed by atoms with van der Waals surface area (Å²) in [5, 5.41) is 11.2. The monoisotopic (exact) mass is 365 g/mol. The van der Waals surface area contributed by atoms with Crippen molar-refractivity contribution in [1.29, 1.82) is 0 Å². The Morgan fingerprint density at radius 2 is 1.88 bits per heavy atom. The molecule has 1 aliphatic heterocycles. The third kappa shape index (κ3) is 3.98. The molecule has 1 aliphatic rings. The van der Waals surface area contributed by atoms with E-state index < -0.39 is 15.9 Å². The van der Waals surface area contributed by atoms with Gasteiger partial charge in [-0.05, 0) is 47.4 Å². The van der Waals surface area contributed by atoms with Crippen LogP contribution in [0.15, 0.2) is 47.4 Å². The van der Waals surface area contributed by atoms with Crippen molar-refractivity contribution in [2.45, 2.75) is 24.0 Å². The van der Waals surface area contributed by atoms with Crippen LogP contribution in [0.25, 0.3) is 0 Å². The highest BCUT2D eigenvalue weighted by molar-refractivity contribution is 7.90. The topological polar surface area (TPSA) is 57.6 Å². The molecule has 4 nitrogen and oxygen atoms in total. The molecule has 0 saturated heterocycles. The summed E-state index contributed by atoms with van der Waals surface area (Å²) in [7, 11) is -3.21. The third-order valence-corrected chi connectivity index (χ3v) is 5.75. The van der Waals surface area contributed by atoms with E-state index in [1.807, 2.05) is 18.2 Å². The van der Waals surface area contributed by atoms with E-state index in [1.54, 1.807) is 24.3 Å². The highest BCUT2D eigenvalue weighted by atomic mass is 35.5. The van der Waals surface area contributed by atoms with E-state index in [2.05, 4.69) is 4.90 Å². The summed E-state index contributed by atoms with van der Waals surface area (Å²) in [6.07, 6.45) is 1.44. The highest BCUT2D eigenvalue weighted by Crippen LogP contribution is 2.25. The number of aliphatic hydroxyl groups excluding tert-OH is 1. The van der Waals surface area contributed by atoms with Gasteiger partial charge in [0.15, 0.2) is 9.84 Å². The molecule has 0 saturated carbocycles. The van der Waals surface area contributed by atoms with Crippen molar-refractivity contribution >= 4 is 21.4 Å². The molecule has 2 aromatic carbocycles. The maximum Gasteiger partial charge on any atom is 0.175 e. The number of aliphatic hydroxyl groups is 1. The lowest BCUT2D eigenvalue weighted by molar-refractivity contribution is 0.106. The lowest BCUT2D eigenvalue weighted by Crippen LogP contribution is -2.34. The summed E-state index contributed by atoms with van der Waals surface area (Å²) in [6.45, 7) is 2.16. The molecule has 128 valence electrons. The van der Waals surface area contributed by atoms with Crippen LogP contribution in [0.3, 0.4) is 0 Å². The first-order chi connectivity index (χ1) is 11.3. The summed E-state index contributed by atoms with van der Waals surface area (Å²) in [4.78, 5) is 2.47. The highest BCUT2D eigenvalue weighted by Gasteiger charge is 2.20. The van der Waals surface area contributed by atoms with Gasteiger partial charge in [-0.3, -0.25) is 4.90 Å². The zero-order chi connectivity index (χ0) is 17.3. The molecular weight excluding hydrogens is 346 g/mol. The van der Waals surface area contributed by atoms with Gasteiger partial charge in [0.2, 0.25) is 0 Å².